The fraction of sp³-hybridized carbons (Fsp3) is 0.471. The molecule has 0 heterocycles. The van der Waals surface area contributed by atoms with Crippen LogP contribution in [-0.2, 0) is 22.3 Å². The van der Waals surface area contributed by atoms with Gasteiger partial charge in [0.25, 0.3) is 5.91 Å². The molecule has 4 bridgehead atoms. The lowest BCUT2D eigenvalue weighted by Gasteiger charge is -2.63. The quantitative estimate of drug-likeness (QED) is 0.270. The van der Waals surface area contributed by atoms with Crippen molar-refractivity contribution in [1.82, 2.24) is 5.32 Å². The van der Waals surface area contributed by atoms with Crippen LogP contribution in [0.5, 0.6) is 5.75 Å². The molecule has 3 aromatic carbocycles. The number of amides is 1. The average molecular weight is 596 g/mol. The molecule has 7 rings (SSSR count). The van der Waals surface area contributed by atoms with Crippen molar-refractivity contribution in [1.29, 1.82) is 0 Å². The summed E-state index contributed by atoms with van der Waals surface area (Å²) < 4.78 is 51.7. The van der Waals surface area contributed by atoms with Gasteiger partial charge in [0.2, 0.25) is 0 Å². The minimum absolute atomic E-state index is 0.0214. The van der Waals surface area contributed by atoms with E-state index in [1.54, 1.807) is 24.3 Å². The highest BCUT2D eigenvalue weighted by atomic mass is 19.4. The van der Waals surface area contributed by atoms with E-state index in [-0.39, 0.29) is 29.6 Å². The van der Waals surface area contributed by atoms with Gasteiger partial charge in [-0.15, -0.1) is 0 Å². The lowest BCUT2D eigenvalue weighted by Crippen LogP contribution is -2.65. The fourth-order valence-electron chi connectivity index (χ4n) is 8.43. The van der Waals surface area contributed by atoms with Crippen LogP contribution in [0.1, 0.15) is 73.9 Å². The van der Waals surface area contributed by atoms with Crippen LogP contribution >= 0.6 is 0 Å². The molecular formula is C34H36F3NO5. The van der Waals surface area contributed by atoms with Crippen LogP contribution in [0.2, 0.25) is 0 Å². The SMILES string of the molecule is CC(C)OC12CC3CC(C1)CC([C@H](NC(=O)c1ccc4ccccc4c1OCc1ccc(C(F)(F)F)cc1)C(=O)O)(C3)C2. The monoisotopic (exact) mass is 595 g/mol. The third-order valence-corrected chi connectivity index (χ3v) is 9.46. The Kier molecular flexibility index (Phi) is 7.43. The van der Waals surface area contributed by atoms with Crippen molar-refractivity contribution in [3.8, 4) is 5.75 Å². The highest BCUT2D eigenvalue weighted by Crippen LogP contribution is 2.64. The summed E-state index contributed by atoms with van der Waals surface area (Å²) in [4.78, 5) is 26.8. The highest BCUT2D eigenvalue weighted by Gasteiger charge is 2.62. The van der Waals surface area contributed by atoms with Gasteiger partial charge in [-0.05, 0) is 93.4 Å². The summed E-state index contributed by atoms with van der Waals surface area (Å²) in [5.74, 6) is -0.646. The summed E-state index contributed by atoms with van der Waals surface area (Å²) in [6, 6.07) is 14.3. The summed E-state index contributed by atoms with van der Waals surface area (Å²) in [6.45, 7) is 3.94. The first-order valence-electron chi connectivity index (χ1n) is 14.9. The number of rotatable bonds is 9. The zero-order chi connectivity index (χ0) is 30.6. The Hall–Kier alpha value is -3.59. The molecule has 3 aromatic rings. The Morgan fingerprint density at radius 3 is 2.28 bits per heavy atom. The maximum Gasteiger partial charge on any atom is 0.416 e. The van der Waals surface area contributed by atoms with Gasteiger partial charge < -0.3 is 19.9 Å². The molecule has 0 spiro atoms. The average Bonchev–Trinajstić information content (AvgIpc) is 2.92. The molecule has 0 aliphatic heterocycles. The molecule has 43 heavy (non-hydrogen) atoms. The summed E-state index contributed by atoms with van der Waals surface area (Å²) in [5.41, 5.74) is -1.06. The van der Waals surface area contributed by atoms with Gasteiger partial charge in [-0.2, -0.15) is 13.2 Å². The Morgan fingerprint density at radius 2 is 1.65 bits per heavy atom. The number of carboxylic acid groups (broad SMARTS) is 1. The summed E-state index contributed by atoms with van der Waals surface area (Å²) in [7, 11) is 0. The number of halogens is 3. The smallest absolute Gasteiger partial charge is 0.416 e. The van der Waals surface area contributed by atoms with Crippen LogP contribution in [0.25, 0.3) is 10.8 Å². The molecule has 228 valence electrons. The molecule has 2 unspecified atom stereocenters. The number of hydrogen-bond acceptors (Lipinski definition) is 4. The Balaban J connectivity index is 1.29. The predicted molar refractivity (Wildman–Crippen MR) is 155 cm³/mol. The molecule has 2 N–H and O–H groups in total. The van der Waals surface area contributed by atoms with E-state index in [1.165, 1.54) is 12.1 Å². The van der Waals surface area contributed by atoms with E-state index in [0.717, 1.165) is 49.6 Å². The maximum atomic E-state index is 13.9. The molecule has 4 saturated carbocycles. The van der Waals surface area contributed by atoms with Gasteiger partial charge >= 0.3 is 12.1 Å². The Morgan fingerprint density at radius 1 is 0.977 bits per heavy atom. The fourth-order valence-corrected chi connectivity index (χ4v) is 8.43. The summed E-state index contributed by atoms with van der Waals surface area (Å²) in [5, 5.41) is 14.8. The van der Waals surface area contributed by atoms with Crippen molar-refractivity contribution < 1.29 is 37.3 Å². The zero-order valence-electron chi connectivity index (χ0n) is 24.2. The number of benzene rings is 3. The molecule has 4 aliphatic rings. The number of ether oxygens (including phenoxy) is 2. The van der Waals surface area contributed by atoms with Gasteiger partial charge in [-0.3, -0.25) is 4.79 Å². The molecule has 0 saturated heterocycles. The third kappa shape index (κ3) is 5.71. The lowest BCUT2D eigenvalue weighted by atomic mass is 9.46. The standard InChI is InChI=1S/C34H36F3NO5/c1-20(2)43-33-16-22-13-23(17-33)15-32(14-22,19-33)29(31(40)41)38-30(39)27-12-9-24-5-3-4-6-26(24)28(27)42-18-21-7-10-25(11-8-21)34(35,36)37/h3-12,20,22-23,29H,13-19H2,1-2H3,(H,38,39)(H,40,41)/t22?,23?,29-,32?,33?/m1/s1. The number of aliphatic carboxylic acids is 1. The molecule has 0 aromatic heterocycles. The van der Waals surface area contributed by atoms with Gasteiger partial charge in [-0.1, -0.05) is 42.5 Å². The van der Waals surface area contributed by atoms with E-state index in [4.69, 9.17) is 9.47 Å². The zero-order valence-corrected chi connectivity index (χ0v) is 24.2. The van der Waals surface area contributed by atoms with Crippen molar-refractivity contribution >= 4 is 22.6 Å². The highest BCUT2D eigenvalue weighted by molar-refractivity contribution is 6.05. The second kappa shape index (κ2) is 10.8. The van der Waals surface area contributed by atoms with Crippen LogP contribution in [0.4, 0.5) is 13.2 Å². The van der Waals surface area contributed by atoms with Crippen molar-refractivity contribution in [2.45, 2.75) is 82.9 Å². The predicted octanol–water partition coefficient (Wildman–Crippen LogP) is 7.38. The number of alkyl halides is 3. The van der Waals surface area contributed by atoms with Crippen molar-refractivity contribution in [3.05, 3.63) is 77.4 Å². The molecule has 1 amide bonds. The minimum atomic E-state index is -4.45. The van der Waals surface area contributed by atoms with Crippen LogP contribution in [-0.4, -0.2) is 34.7 Å². The number of carbonyl (C=O) groups is 2. The minimum Gasteiger partial charge on any atom is -0.487 e. The van der Waals surface area contributed by atoms with Gasteiger partial charge in [0, 0.05) is 10.8 Å². The number of fused-ring (bicyclic) bond motifs is 1. The Bertz CT molecular complexity index is 1510. The topological polar surface area (TPSA) is 84.9 Å². The van der Waals surface area contributed by atoms with Crippen molar-refractivity contribution in [2.24, 2.45) is 17.3 Å². The van der Waals surface area contributed by atoms with Gasteiger partial charge in [0.05, 0.1) is 22.8 Å². The van der Waals surface area contributed by atoms with Crippen molar-refractivity contribution in [2.75, 3.05) is 0 Å². The van der Waals surface area contributed by atoms with Crippen LogP contribution in [0, 0.1) is 17.3 Å². The molecule has 4 aliphatic carbocycles. The van der Waals surface area contributed by atoms with Crippen molar-refractivity contribution in [3.63, 3.8) is 0 Å². The number of hydrogen-bond donors (Lipinski definition) is 2. The largest absolute Gasteiger partial charge is 0.487 e. The van der Waals surface area contributed by atoms with Crippen LogP contribution in [0.15, 0.2) is 60.7 Å². The number of carboxylic acids is 1. The lowest BCUT2D eigenvalue weighted by molar-refractivity contribution is -0.215. The maximum absolute atomic E-state index is 13.9. The third-order valence-electron chi connectivity index (χ3n) is 9.46. The molecule has 6 nitrogen and oxygen atoms in total. The summed E-state index contributed by atoms with van der Waals surface area (Å²) >= 11 is 0. The van der Waals surface area contributed by atoms with E-state index >= 15 is 0 Å². The van der Waals surface area contributed by atoms with Gasteiger partial charge in [-0.25, -0.2) is 4.79 Å². The Labute approximate surface area is 248 Å². The van der Waals surface area contributed by atoms with E-state index in [9.17, 15) is 27.9 Å². The molecule has 3 atom stereocenters. The number of nitrogens with one attached hydrogen (secondary N) is 1. The van der Waals surface area contributed by atoms with E-state index in [0.29, 0.717) is 29.2 Å². The summed E-state index contributed by atoms with van der Waals surface area (Å²) in [6.07, 6.45) is 0.561. The van der Waals surface area contributed by atoms with Gasteiger partial charge in [0.15, 0.2) is 0 Å². The van der Waals surface area contributed by atoms with Gasteiger partial charge in [0.1, 0.15) is 18.4 Å². The molecular weight excluding hydrogens is 559 g/mol. The normalized spacial score (nSPS) is 26.9. The second-order valence-corrected chi connectivity index (χ2v) is 13.1. The van der Waals surface area contributed by atoms with E-state index < -0.39 is 35.1 Å². The van der Waals surface area contributed by atoms with E-state index in [1.807, 2.05) is 26.0 Å². The molecule has 0 radical (unpaired) electrons. The molecule has 4 fully saturated rings. The van der Waals surface area contributed by atoms with Crippen LogP contribution in [0.3, 0.4) is 0 Å². The first kappa shape index (κ1) is 29.5. The number of carbonyl (C=O) groups excluding carboxylic acids is 1. The van der Waals surface area contributed by atoms with E-state index in [2.05, 4.69) is 5.32 Å². The van der Waals surface area contributed by atoms with Crippen LogP contribution < -0.4 is 10.1 Å². The second-order valence-electron chi connectivity index (χ2n) is 13.1. The first-order valence-corrected chi connectivity index (χ1v) is 14.9. The molecule has 9 heteroatoms. The first-order chi connectivity index (χ1) is 20.4.